The summed E-state index contributed by atoms with van der Waals surface area (Å²) in [6.07, 6.45) is -9.64. The van der Waals surface area contributed by atoms with E-state index >= 15 is 0 Å². The molecule has 2 aliphatic rings. The van der Waals surface area contributed by atoms with Crippen molar-refractivity contribution in [1.82, 2.24) is 0 Å². The molecule has 2 aromatic carbocycles. The zero-order chi connectivity index (χ0) is 30.2. The Bertz CT molecular complexity index is 1440. The molecule has 0 saturated carbocycles. The fourth-order valence-corrected chi connectivity index (χ4v) is 4.84. The molecule has 14 nitrogen and oxygen atoms in total. The van der Waals surface area contributed by atoms with E-state index in [9.17, 15) is 35.4 Å². The van der Waals surface area contributed by atoms with E-state index in [0.717, 1.165) is 0 Å². The van der Waals surface area contributed by atoms with Crippen molar-refractivity contribution in [1.29, 1.82) is 0 Å². The molecule has 6 N–H and O–H groups in total. The van der Waals surface area contributed by atoms with Crippen LogP contribution in [0.25, 0.3) is 22.1 Å². The summed E-state index contributed by atoms with van der Waals surface area (Å²) >= 11 is 0. The number of hydrogen-bond acceptors (Lipinski definition) is 14. The molecule has 0 unspecified atom stereocenters. The number of methoxy groups -OCH3 is 2. The second-order valence-corrected chi connectivity index (χ2v) is 10.0. The second kappa shape index (κ2) is 12.1. The fourth-order valence-electron chi connectivity index (χ4n) is 4.84. The highest BCUT2D eigenvalue weighted by molar-refractivity contribution is 5.84. The molecule has 228 valence electrons. The van der Waals surface area contributed by atoms with Crippen molar-refractivity contribution in [2.24, 2.45) is 0 Å². The standard InChI is InChI=1S/C28H32O14/c1-36-14-5-3-13(4-6-14)16-10-38-17-8-19(18(37-2)7-15(17)21(16)31)40-26-24(23(33)22(32)20(9-29)41-26)42-27-25(34)28(35,11-30)12-39-27/h3-8,10,20,22-27,29-30,32-35H,9,11-12H2,1-2H3/t20-,22-,23+,24-,25+,26-,27+,28-/m1/s1. The SMILES string of the molecule is COc1ccc(-c2coc3cc(O[C@@H]4O[C@H](CO)[C@@H](O)[C@H](O)[C@H]4O[C@@H]4OC[C@](O)(CO)[C@H]4O)c(OC)cc3c2=O)cc1. The van der Waals surface area contributed by atoms with Crippen LogP contribution in [-0.4, -0.2) is 113 Å². The summed E-state index contributed by atoms with van der Waals surface area (Å²) in [5, 5.41) is 61.3. The summed E-state index contributed by atoms with van der Waals surface area (Å²) in [7, 11) is 2.87. The average Bonchev–Trinajstić information content (AvgIpc) is 3.29. The highest BCUT2D eigenvalue weighted by Crippen LogP contribution is 2.37. The maximum Gasteiger partial charge on any atom is 0.229 e. The molecule has 3 aromatic rings. The minimum atomic E-state index is -2.02. The van der Waals surface area contributed by atoms with Gasteiger partial charge in [0.2, 0.25) is 11.7 Å². The Morgan fingerprint density at radius 1 is 0.976 bits per heavy atom. The van der Waals surface area contributed by atoms with Crippen molar-refractivity contribution < 1.29 is 63.5 Å². The minimum Gasteiger partial charge on any atom is -0.497 e. The maximum atomic E-state index is 13.4. The Balaban J connectivity index is 1.47. The van der Waals surface area contributed by atoms with Crippen molar-refractivity contribution >= 4 is 11.0 Å². The molecule has 14 heteroatoms. The monoisotopic (exact) mass is 592 g/mol. The topological polar surface area (TPSA) is 207 Å². The van der Waals surface area contributed by atoms with Crippen LogP contribution in [0.5, 0.6) is 17.2 Å². The molecule has 3 heterocycles. The van der Waals surface area contributed by atoms with Crippen LogP contribution in [0, 0.1) is 0 Å². The van der Waals surface area contributed by atoms with Crippen LogP contribution >= 0.6 is 0 Å². The van der Waals surface area contributed by atoms with Crippen molar-refractivity contribution in [3.05, 3.63) is 52.9 Å². The molecule has 2 aliphatic heterocycles. The van der Waals surface area contributed by atoms with Gasteiger partial charge in [-0.15, -0.1) is 0 Å². The zero-order valence-corrected chi connectivity index (χ0v) is 22.7. The van der Waals surface area contributed by atoms with Crippen molar-refractivity contribution in [3.63, 3.8) is 0 Å². The molecular weight excluding hydrogens is 560 g/mol. The fraction of sp³-hybridized carbons (Fsp3) is 0.464. The maximum absolute atomic E-state index is 13.4. The van der Waals surface area contributed by atoms with Gasteiger partial charge < -0.3 is 63.5 Å². The third kappa shape index (κ3) is 5.44. The number of ether oxygens (including phenoxy) is 6. The van der Waals surface area contributed by atoms with Gasteiger partial charge in [0.15, 0.2) is 23.9 Å². The largest absolute Gasteiger partial charge is 0.497 e. The molecule has 42 heavy (non-hydrogen) atoms. The minimum absolute atomic E-state index is 0.0102. The van der Waals surface area contributed by atoms with E-state index in [4.69, 9.17) is 32.8 Å². The highest BCUT2D eigenvalue weighted by Gasteiger charge is 2.53. The van der Waals surface area contributed by atoms with Gasteiger partial charge in [-0.25, -0.2) is 0 Å². The third-order valence-electron chi connectivity index (χ3n) is 7.40. The summed E-state index contributed by atoms with van der Waals surface area (Å²) in [6.45, 7) is -1.98. The van der Waals surface area contributed by atoms with E-state index in [2.05, 4.69) is 0 Å². The zero-order valence-electron chi connectivity index (χ0n) is 22.7. The Kier molecular flexibility index (Phi) is 8.71. The molecule has 0 aliphatic carbocycles. The predicted octanol–water partition coefficient (Wildman–Crippen LogP) is -0.879. The van der Waals surface area contributed by atoms with Crippen LogP contribution in [0.15, 0.2) is 51.9 Å². The molecule has 0 spiro atoms. The number of rotatable bonds is 9. The van der Waals surface area contributed by atoms with Crippen LogP contribution in [0.2, 0.25) is 0 Å². The van der Waals surface area contributed by atoms with E-state index in [1.54, 1.807) is 24.3 Å². The van der Waals surface area contributed by atoms with E-state index in [1.807, 2.05) is 0 Å². The normalized spacial score (nSPS) is 31.3. The lowest BCUT2D eigenvalue weighted by Gasteiger charge is -2.42. The van der Waals surface area contributed by atoms with Crippen molar-refractivity contribution in [3.8, 4) is 28.4 Å². The van der Waals surface area contributed by atoms with Gasteiger partial charge in [0.25, 0.3) is 0 Å². The lowest BCUT2D eigenvalue weighted by atomic mass is 9.98. The first-order valence-corrected chi connectivity index (χ1v) is 13.0. The van der Waals surface area contributed by atoms with Gasteiger partial charge in [-0.05, 0) is 23.8 Å². The van der Waals surface area contributed by atoms with Gasteiger partial charge in [-0.3, -0.25) is 4.79 Å². The van der Waals surface area contributed by atoms with E-state index in [0.29, 0.717) is 16.9 Å². The lowest BCUT2D eigenvalue weighted by molar-refractivity contribution is -0.319. The third-order valence-corrected chi connectivity index (χ3v) is 7.40. The summed E-state index contributed by atoms with van der Waals surface area (Å²) in [6, 6.07) is 9.63. The van der Waals surface area contributed by atoms with Gasteiger partial charge in [0.1, 0.15) is 47.6 Å². The van der Waals surface area contributed by atoms with Gasteiger partial charge in [0.05, 0.1) is 45.0 Å². The number of aliphatic hydroxyl groups is 6. The van der Waals surface area contributed by atoms with Crippen molar-refractivity contribution in [2.75, 3.05) is 34.0 Å². The Hall–Kier alpha value is -3.31. The summed E-state index contributed by atoms with van der Waals surface area (Å²) in [5.74, 6) is 0.694. The van der Waals surface area contributed by atoms with Crippen LogP contribution in [0.4, 0.5) is 0 Å². The Morgan fingerprint density at radius 2 is 1.71 bits per heavy atom. The van der Waals surface area contributed by atoms with Crippen LogP contribution in [0.1, 0.15) is 0 Å². The number of benzene rings is 2. The molecule has 0 radical (unpaired) electrons. The molecule has 1 aromatic heterocycles. The molecule has 0 amide bonds. The number of aliphatic hydroxyl groups excluding tert-OH is 5. The predicted molar refractivity (Wildman–Crippen MR) is 142 cm³/mol. The first kappa shape index (κ1) is 30.2. The van der Waals surface area contributed by atoms with Gasteiger partial charge in [-0.2, -0.15) is 0 Å². The van der Waals surface area contributed by atoms with E-state index in [-0.39, 0.29) is 27.9 Å². The first-order valence-electron chi connectivity index (χ1n) is 13.0. The molecule has 2 fully saturated rings. The molecule has 5 rings (SSSR count). The molecule has 8 atom stereocenters. The van der Waals surface area contributed by atoms with Gasteiger partial charge in [-0.1, -0.05) is 12.1 Å². The van der Waals surface area contributed by atoms with E-state index in [1.165, 1.54) is 32.6 Å². The quantitative estimate of drug-likeness (QED) is 0.178. The average molecular weight is 593 g/mol. The van der Waals surface area contributed by atoms with Gasteiger partial charge in [0, 0.05) is 6.07 Å². The molecular formula is C28H32O14. The Morgan fingerprint density at radius 3 is 2.33 bits per heavy atom. The highest BCUT2D eigenvalue weighted by atomic mass is 16.8. The lowest BCUT2D eigenvalue weighted by Crippen LogP contribution is -2.62. The summed E-state index contributed by atoms with van der Waals surface area (Å²) < 4.78 is 39.0. The number of hydrogen-bond donors (Lipinski definition) is 6. The Labute approximate surface area is 238 Å². The van der Waals surface area contributed by atoms with Crippen LogP contribution < -0.4 is 19.6 Å². The molecule has 0 bridgehead atoms. The van der Waals surface area contributed by atoms with Crippen LogP contribution in [0.3, 0.4) is 0 Å². The number of fused-ring (bicyclic) bond motifs is 1. The van der Waals surface area contributed by atoms with Gasteiger partial charge >= 0.3 is 0 Å². The summed E-state index contributed by atoms with van der Waals surface area (Å²) in [5.41, 5.74) is -1.33. The second-order valence-electron chi connectivity index (χ2n) is 10.0. The summed E-state index contributed by atoms with van der Waals surface area (Å²) in [4.78, 5) is 13.4. The first-order chi connectivity index (χ1) is 20.1. The van der Waals surface area contributed by atoms with Crippen molar-refractivity contribution in [2.45, 2.75) is 48.7 Å². The van der Waals surface area contributed by atoms with E-state index < -0.39 is 68.5 Å². The smallest absolute Gasteiger partial charge is 0.229 e. The molecule has 2 saturated heterocycles. The van der Waals surface area contributed by atoms with Crippen LogP contribution in [-0.2, 0) is 14.2 Å².